The molecule has 0 saturated carbocycles. The minimum atomic E-state index is -0.310. The van der Waals surface area contributed by atoms with Gasteiger partial charge < -0.3 is 9.84 Å². The van der Waals surface area contributed by atoms with Crippen molar-refractivity contribution in [2.45, 2.75) is 50.7 Å². The number of rotatable bonds is 5. The van der Waals surface area contributed by atoms with E-state index in [9.17, 15) is 5.11 Å². The highest BCUT2D eigenvalue weighted by atomic mass is 32.1. The molecule has 3 rings (SSSR count). The summed E-state index contributed by atoms with van der Waals surface area (Å²) < 4.78 is 7.70. The average Bonchev–Trinajstić information content (AvgIpc) is 2.98. The van der Waals surface area contributed by atoms with E-state index in [1.165, 1.54) is 12.8 Å². The van der Waals surface area contributed by atoms with Crippen LogP contribution in [0.3, 0.4) is 0 Å². The summed E-state index contributed by atoms with van der Waals surface area (Å²) >= 11 is 1.62. The second kappa shape index (κ2) is 6.03. The van der Waals surface area contributed by atoms with E-state index in [2.05, 4.69) is 4.98 Å². The molecule has 1 fully saturated rings. The van der Waals surface area contributed by atoms with Crippen molar-refractivity contribution in [3.05, 3.63) is 23.5 Å². The van der Waals surface area contributed by atoms with Crippen LogP contribution >= 0.6 is 11.3 Å². The molecule has 1 aliphatic heterocycles. The molecule has 2 unspecified atom stereocenters. The van der Waals surface area contributed by atoms with E-state index >= 15 is 0 Å². The van der Waals surface area contributed by atoms with Gasteiger partial charge in [0, 0.05) is 30.8 Å². The third-order valence-corrected chi connectivity index (χ3v) is 4.45. The molecule has 0 amide bonds. The molecule has 19 heavy (non-hydrogen) atoms. The molecule has 0 aromatic carbocycles. The van der Waals surface area contributed by atoms with Gasteiger partial charge in [-0.25, -0.2) is 4.98 Å². The molecule has 2 atom stereocenters. The van der Waals surface area contributed by atoms with Crippen molar-refractivity contribution in [3.63, 3.8) is 0 Å². The lowest BCUT2D eigenvalue weighted by Crippen LogP contribution is -2.21. The normalized spacial score (nSPS) is 21.8. The van der Waals surface area contributed by atoms with Gasteiger partial charge in [0.05, 0.1) is 17.9 Å². The van der Waals surface area contributed by atoms with Crippen molar-refractivity contribution in [2.75, 3.05) is 6.61 Å². The molecule has 0 spiro atoms. The quantitative estimate of drug-likeness (QED) is 0.916. The van der Waals surface area contributed by atoms with Crippen LogP contribution in [0, 0.1) is 0 Å². The molecule has 4 nitrogen and oxygen atoms in total. The van der Waals surface area contributed by atoms with E-state index in [1.807, 2.05) is 22.2 Å². The largest absolute Gasteiger partial charge is 0.393 e. The number of aliphatic hydroxyl groups is 1. The molecule has 1 N–H and O–H groups in total. The minimum absolute atomic E-state index is 0.310. The lowest BCUT2D eigenvalue weighted by atomic mass is 10.0. The van der Waals surface area contributed by atoms with Crippen LogP contribution in [0.5, 0.6) is 0 Å². The van der Waals surface area contributed by atoms with E-state index in [1.54, 1.807) is 11.3 Å². The van der Waals surface area contributed by atoms with Gasteiger partial charge in [-0.3, -0.25) is 4.40 Å². The first-order chi connectivity index (χ1) is 9.31. The molecule has 2 aromatic rings. The Kier molecular flexibility index (Phi) is 4.15. The predicted molar refractivity (Wildman–Crippen MR) is 75.6 cm³/mol. The minimum Gasteiger partial charge on any atom is -0.393 e. The summed E-state index contributed by atoms with van der Waals surface area (Å²) in [5.41, 5.74) is 0.976. The van der Waals surface area contributed by atoms with E-state index in [0.717, 1.165) is 36.5 Å². The number of hydrogen-bond acceptors (Lipinski definition) is 4. The Labute approximate surface area is 117 Å². The third-order valence-electron chi connectivity index (χ3n) is 3.68. The van der Waals surface area contributed by atoms with Crippen molar-refractivity contribution in [1.82, 2.24) is 9.38 Å². The van der Waals surface area contributed by atoms with Crippen LogP contribution in [0.1, 0.15) is 37.8 Å². The second-order valence-corrected chi connectivity index (χ2v) is 6.12. The maximum Gasteiger partial charge on any atom is 0.193 e. The highest BCUT2D eigenvalue weighted by Crippen LogP contribution is 2.19. The Hall–Kier alpha value is -0.910. The monoisotopic (exact) mass is 280 g/mol. The Morgan fingerprint density at radius 1 is 1.53 bits per heavy atom. The summed E-state index contributed by atoms with van der Waals surface area (Å²) in [6.07, 6.45) is 10.0. The Bertz CT molecular complexity index is 488. The maximum absolute atomic E-state index is 10.1. The molecule has 0 aliphatic carbocycles. The molecule has 104 valence electrons. The van der Waals surface area contributed by atoms with E-state index in [-0.39, 0.29) is 6.10 Å². The van der Waals surface area contributed by atoms with Gasteiger partial charge in [-0.05, 0) is 32.1 Å². The number of nitrogens with zero attached hydrogens (tertiary/aromatic N) is 2. The fourth-order valence-corrected chi connectivity index (χ4v) is 3.35. The summed E-state index contributed by atoms with van der Waals surface area (Å²) in [5.74, 6) is 0. The van der Waals surface area contributed by atoms with Crippen LogP contribution in [0.2, 0.25) is 0 Å². The lowest BCUT2D eigenvalue weighted by molar-refractivity contribution is 0.00229. The predicted octanol–water partition coefficient (Wildman–Crippen LogP) is 2.65. The van der Waals surface area contributed by atoms with Crippen molar-refractivity contribution >= 4 is 16.3 Å². The summed E-state index contributed by atoms with van der Waals surface area (Å²) in [6, 6.07) is 0. The highest BCUT2D eigenvalue weighted by Gasteiger charge is 2.16. The molecule has 0 bridgehead atoms. The van der Waals surface area contributed by atoms with Crippen molar-refractivity contribution in [3.8, 4) is 0 Å². The second-order valence-electron chi connectivity index (χ2n) is 5.25. The first-order valence-electron chi connectivity index (χ1n) is 7.02. The molecule has 1 aliphatic rings. The van der Waals surface area contributed by atoms with Crippen LogP contribution in [0.15, 0.2) is 17.8 Å². The number of imidazole rings is 1. The molecule has 5 heteroatoms. The van der Waals surface area contributed by atoms with E-state index in [4.69, 9.17) is 4.74 Å². The van der Waals surface area contributed by atoms with Crippen LogP contribution in [0.4, 0.5) is 0 Å². The molecule has 2 aromatic heterocycles. The molecule has 3 heterocycles. The fourth-order valence-electron chi connectivity index (χ4n) is 2.63. The maximum atomic E-state index is 10.1. The van der Waals surface area contributed by atoms with Crippen LogP contribution in [-0.4, -0.2) is 33.3 Å². The van der Waals surface area contributed by atoms with Crippen LogP contribution in [-0.2, 0) is 11.2 Å². The van der Waals surface area contributed by atoms with Gasteiger partial charge in [-0.1, -0.05) is 0 Å². The summed E-state index contributed by atoms with van der Waals surface area (Å²) in [5, 5.41) is 12.1. The zero-order chi connectivity index (χ0) is 13.1. The fraction of sp³-hybridized carbons (Fsp3) is 0.643. The Morgan fingerprint density at radius 3 is 3.26 bits per heavy atom. The van der Waals surface area contributed by atoms with Crippen LogP contribution < -0.4 is 0 Å². The Morgan fingerprint density at radius 2 is 2.47 bits per heavy atom. The number of hydrogen-bond donors (Lipinski definition) is 1. The Balaban J connectivity index is 1.47. The topological polar surface area (TPSA) is 46.8 Å². The smallest absolute Gasteiger partial charge is 0.193 e. The first kappa shape index (κ1) is 13.1. The van der Waals surface area contributed by atoms with Crippen LogP contribution in [0.25, 0.3) is 4.96 Å². The number of ether oxygens (including phenoxy) is 1. The third kappa shape index (κ3) is 3.35. The van der Waals surface area contributed by atoms with Gasteiger partial charge in [0.2, 0.25) is 0 Å². The van der Waals surface area contributed by atoms with Crippen molar-refractivity contribution < 1.29 is 9.84 Å². The average molecular weight is 280 g/mol. The SMILES string of the molecule is OC(CCC1CCCCO1)Cc1cn2ccsc2n1. The van der Waals surface area contributed by atoms with Gasteiger partial charge in [0.25, 0.3) is 0 Å². The zero-order valence-corrected chi connectivity index (χ0v) is 11.8. The molecular weight excluding hydrogens is 260 g/mol. The highest BCUT2D eigenvalue weighted by molar-refractivity contribution is 7.15. The number of aromatic nitrogens is 2. The van der Waals surface area contributed by atoms with Gasteiger partial charge in [0.1, 0.15) is 0 Å². The lowest BCUT2D eigenvalue weighted by Gasteiger charge is -2.23. The summed E-state index contributed by atoms with van der Waals surface area (Å²) in [4.78, 5) is 5.50. The van der Waals surface area contributed by atoms with Gasteiger partial charge >= 0.3 is 0 Å². The summed E-state index contributed by atoms with van der Waals surface area (Å²) in [6.45, 7) is 0.887. The summed E-state index contributed by atoms with van der Waals surface area (Å²) in [7, 11) is 0. The standard InChI is InChI=1S/C14H20N2O2S/c17-12(4-5-13-3-1-2-7-18-13)9-11-10-16-6-8-19-14(16)15-11/h6,8,10,12-13,17H,1-5,7,9H2. The first-order valence-corrected chi connectivity index (χ1v) is 7.90. The molecule has 0 radical (unpaired) electrons. The van der Waals surface area contributed by atoms with Crippen molar-refractivity contribution in [2.24, 2.45) is 0 Å². The van der Waals surface area contributed by atoms with E-state index < -0.39 is 0 Å². The number of thiazole rings is 1. The molecular formula is C14H20N2O2S. The van der Waals surface area contributed by atoms with E-state index in [0.29, 0.717) is 12.5 Å². The molecule has 1 saturated heterocycles. The zero-order valence-electron chi connectivity index (χ0n) is 11.0. The van der Waals surface area contributed by atoms with Gasteiger partial charge in [0.15, 0.2) is 4.96 Å². The number of aliphatic hydroxyl groups excluding tert-OH is 1. The van der Waals surface area contributed by atoms with Gasteiger partial charge in [-0.2, -0.15) is 0 Å². The number of fused-ring (bicyclic) bond motifs is 1. The van der Waals surface area contributed by atoms with Crippen molar-refractivity contribution in [1.29, 1.82) is 0 Å². The van der Waals surface area contributed by atoms with Gasteiger partial charge in [-0.15, -0.1) is 11.3 Å².